The Morgan fingerprint density at radius 3 is 1.67 bits per heavy atom. The Kier molecular flexibility index (Phi) is 7.61. The summed E-state index contributed by atoms with van der Waals surface area (Å²) in [6.45, 7) is 2.62. The standard InChI is InChI=1S/C25H29ClN3O3P/c1-31-24-12-4-20(5-13-24)18-28-16-3-17-29(19-21-6-14-25(32-2)15-7-21)33(28,30)27-23-10-8-22(26)9-11-23/h4-15H,3,16-19H2,1-2H3,(H,27,30). The van der Waals surface area contributed by atoms with Crippen molar-refractivity contribution in [2.45, 2.75) is 19.5 Å². The molecule has 0 aromatic heterocycles. The Morgan fingerprint density at radius 2 is 1.24 bits per heavy atom. The van der Waals surface area contributed by atoms with E-state index in [1.807, 2.05) is 72.8 Å². The number of hydrogen-bond acceptors (Lipinski definition) is 3. The predicted molar refractivity (Wildman–Crippen MR) is 134 cm³/mol. The maximum atomic E-state index is 14.7. The maximum Gasteiger partial charge on any atom is 0.309 e. The lowest BCUT2D eigenvalue weighted by Gasteiger charge is -2.43. The van der Waals surface area contributed by atoms with Gasteiger partial charge in [0.25, 0.3) is 0 Å². The van der Waals surface area contributed by atoms with Crippen molar-refractivity contribution in [1.82, 2.24) is 9.34 Å². The van der Waals surface area contributed by atoms with E-state index in [4.69, 9.17) is 21.1 Å². The monoisotopic (exact) mass is 485 g/mol. The quantitative estimate of drug-likeness (QED) is 0.379. The third kappa shape index (κ3) is 5.71. The molecule has 1 saturated heterocycles. The van der Waals surface area contributed by atoms with Gasteiger partial charge >= 0.3 is 7.59 Å². The Bertz CT molecular complexity index is 1030. The molecule has 6 nitrogen and oxygen atoms in total. The molecule has 1 heterocycles. The van der Waals surface area contributed by atoms with E-state index in [2.05, 4.69) is 14.4 Å². The zero-order valence-corrected chi connectivity index (χ0v) is 20.6. The number of anilines is 1. The number of ether oxygens (including phenoxy) is 2. The zero-order valence-electron chi connectivity index (χ0n) is 18.9. The first kappa shape index (κ1) is 23.7. The molecule has 1 aliphatic heterocycles. The van der Waals surface area contributed by atoms with Gasteiger partial charge in [-0.2, -0.15) is 0 Å². The van der Waals surface area contributed by atoms with Crippen LogP contribution in [0.4, 0.5) is 5.69 Å². The number of halogens is 1. The second-order valence-electron chi connectivity index (χ2n) is 7.99. The van der Waals surface area contributed by atoms with Crippen molar-refractivity contribution in [3.63, 3.8) is 0 Å². The Hall–Kier alpha value is -2.50. The van der Waals surface area contributed by atoms with E-state index in [0.717, 1.165) is 47.8 Å². The highest BCUT2D eigenvalue weighted by molar-refractivity contribution is 7.60. The Balaban J connectivity index is 1.62. The van der Waals surface area contributed by atoms with Gasteiger partial charge in [-0.25, -0.2) is 9.34 Å². The van der Waals surface area contributed by atoms with Crippen molar-refractivity contribution >= 4 is 24.9 Å². The maximum absolute atomic E-state index is 14.7. The minimum absolute atomic E-state index is 0.570. The molecule has 1 aliphatic rings. The molecule has 0 atom stereocenters. The highest BCUT2D eigenvalue weighted by Crippen LogP contribution is 2.56. The van der Waals surface area contributed by atoms with Crippen molar-refractivity contribution in [3.8, 4) is 11.5 Å². The third-order valence-electron chi connectivity index (χ3n) is 5.77. The fraction of sp³-hybridized carbons (Fsp3) is 0.280. The lowest BCUT2D eigenvalue weighted by Crippen LogP contribution is -2.41. The predicted octanol–water partition coefficient (Wildman–Crippen LogP) is 6.29. The largest absolute Gasteiger partial charge is 0.497 e. The molecular weight excluding hydrogens is 457 g/mol. The van der Waals surface area contributed by atoms with Crippen LogP contribution in [0.2, 0.25) is 5.02 Å². The second kappa shape index (κ2) is 10.6. The molecule has 3 aromatic carbocycles. The molecule has 174 valence electrons. The van der Waals surface area contributed by atoms with Gasteiger partial charge in [0, 0.05) is 36.9 Å². The summed E-state index contributed by atoms with van der Waals surface area (Å²) in [7, 11) is 0.179. The molecule has 33 heavy (non-hydrogen) atoms. The van der Waals surface area contributed by atoms with Gasteiger partial charge < -0.3 is 14.6 Å². The molecule has 0 amide bonds. The minimum Gasteiger partial charge on any atom is -0.497 e. The van der Waals surface area contributed by atoms with Crippen molar-refractivity contribution in [2.75, 3.05) is 32.4 Å². The van der Waals surface area contributed by atoms with Crippen molar-refractivity contribution < 1.29 is 14.0 Å². The fourth-order valence-electron chi connectivity index (χ4n) is 3.95. The summed E-state index contributed by atoms with van der Waals surface area (Å²) in [4.78, 5) is 0. The molecule has 3 aromatic rings. The molecule has 0 radical (unpaired) electrons. The van der Waals surface area contributed by atoms with Crippen LogP contribution in [0.5, 0.6) is 11.5 Å². The van der Waals surface area contributed by atoms with Gasteiger partial charge in [-0.05, 0) is 66.1 Å². The normalized spacial score (nSPS) is 16.3. The van der Waals surface area contributed by atoms with Crippen LogP contribution in [0.1, 0.15) is 17.5 Å². The summed E-state index contributed by atoms with van der Waals surface area (Å²) >= 11 is 6.07. The van der Waals surface area contributed by atoms with E-state index < -0.39 is 7.59 Å². The Labute approximate surface area is 200 Å². The summed E-state index contributed by atoms with van der Waals surface area (Å²) in [6.07, 6.45) is 0.929. The average Bonchev–Trinajstić information content (AvgIpc) is 2.84. The molecule has 0 aliphatic carbocycles. The van der Waals surface area contributed by atoms with Gasteiger partial charge in [-0.3, -0.25) is 4.57 Å². The van der Waals surface area contributed by atoms with Crippen molar-refractivity contribution in [1.29, 1.82) is 0 Å². The first-order valence-electron chi connectivity index (χ1n) is 10.9. The van der Waals surface area contributed by atoms with Crippen LogP contribution in [-0.2, 0) is 17.7 Å². The molecule has 1 N–H and O–H groups in total. The molecule has 4 rings (SSSR count). The van der Waals surface area contributed by atoms with E-state index in [0.29, 0.717) is 18.1 Å². The van der Waals surface area contributed by atoms with Gasteiger partial charge in [0.15, 0.2) is 0 Å². The number of hydrogen-bond donors (Lipinski definition) is 1. The molecule has 0 unspecified atom stereocenters. The van der Waals surface area contributed by atoms with Gasteiger partial charge in [0.2, 0.25) is 0 Å². The van der Waals surface area contributed by atoms with E-state index in [-0.39, 0.29) is 0 Å². The first-order chi connectivity index (χ1) is 16.0. The van der Waals surface area contributed by atoms with Crippen LogP contribution >= 0.6 is 19.2 Å². The molecule has 0 saturated carbocycles. The summed E-state index contributed by atoms with van der Waals surface area (Å²) in [5.74, 6) is 1.61. The van der Waals surface area contributed by atoms with E-state index in [1.165, 1.54) is 0 Å². The molecule has 0 spiro atoms. The van der Waals surface area contributed by atoms with Crippen LogP contribution in [-0.4, -0.2) is 36.6 Å². The smallest absolute Gasteiger partial charge is 0.309 e. The van der Waals surface area contributed by atoms with Crippen molar-refractivity contribution in [2.24, 2.45) is 0 Å². The summed E-state index contributed by atoms with van der Waals surface area (Å²) < 4.78 is 29.4. The zero-order chi connectivity index (χ0) is 23.3. The van der Waals surface area contributed by atoms with Crippen LogP contribution in [0.3, 0.4) is 0 Å². The van der Waals surface area contributed by atoms with Crippen molar-refractivity contribution in [3.05, 3.63) is 88.9 Å². The van der Waals surface area contributed by atoms with Crippen LogP contribution in [0.25, 0.3) is 0 Å². The minimum atomic E-state index is -3.13. The lowest BCUT2D eigenvalue weighted by atomic mass is 10.2. The van der Waals surface area contributed by atoms with E-state index in [1.54, 1.807) is 14.2 Å². The van der Waals surface area contributed by atoms with Crippen LogP contribution in [0, 0.1) is 0 Å². The second-order valence-corrected chi connectivity index (χ2v) is 10.9. The van der Waals surface area contributed by atoms with Gasteiger partial charge in [0.05, 0.1) is 14.2 Å². The highest BCUT2D eigenvalue weighted by atomic mass is 35.5. The SMILES string of the molecule is COc1ccc(CN2CCCN(Cc3ccc(OC)cc3)P2(=O)Nc2ccc(Cl)cc2)cc1. The van der Waals surface area contributed by atoms with E-state index in [9.17, 15) is 4.57 Å². The third-order valence-corrected chi connectivity index (χ3v) is 8.78. The number of nitrogens with zero attached hydrogens (tertiary/aromatic N) is 2. The average molecular weight is 486 g/mol. The lowest BCUT2D eigenvalue weighted by molar-refractivity contribution is 0.273. The fourth-order valence-corrected chi connectivity index (χ4v) is 6.74. The van der Waals surface area contributed by atoms with Crippen LogP contribution in [0.15, 0.2) is 72.8 Å². The van der Waals surface area contributed by atoms with Gasteiger partial charge in [-0.1, -0.05) is 35.9 Å². The molecule has 0 bridgehead atoms. The van der Waals surface area contributed by atoms with Gasteiger partial charge in [0.1, 0.15) is 11.5 Å². The number of nitrogens with one attached hydrogen (secondary N) is 1. The first-order valence-corrected chi connectivity index (χ1v) is 12.9. The number of rotatable bonds is 8. The van der Waals surface area contributed by atoms with Gasteiger partial charge in [-0.15, -0.1) is 0 Å². The molecule has 1 fully saturated rings. The Morgan fingerprint density at radius 1 is 0.788 bits per heavy atom. The molecular formula is C25H29ClN3O3P. The number of benzene rings is 3. The summed E-state index contributed by atoms with van der Waals surface area (Å²) in [5, 5.41) is 4.02. The number of methoxy groups -OCH3 is 2. The topological polar surface area (TPSA) is 54.0 Å². The molecule has 8 heteroatoms. The summed E-state index contributed by atoms with van der Waals surface area (Å²) in [6, 6.07) is 23.2. The van der Waals surface area contributed by atoms with Crippen LogP contribution < -0.4 is 14.6 Å². The summed E-state index contributed by atoms with van der Waals surface area (Å²) in [5.41, 5.74) is 2.95. The highest BCUT2D eigenvalue weighted by Gasteiger charge is 2.40. The van der Waals surface area contributed by atoms with E-state index >= 15 is 0 Å².